The molecule has 1 aromatic heterocycles. The molecular formula is C15H22N2O2S. The maximum atomic E-state index is 12.2. The Morgan fingerprint density at radius 2 is 2.10 bits per heavy atom. The minimum absolute atomic E-state index is 0.119. The molecule has 4 nitrogen and oxygen atoms in total. The molecular weight excluding hydrogens is 272 g/mol. The number of carbonyl (C=O) groups excluding carboxylic acids is 1. The van der Waals surface area contributed by atoms with Crippen LogP contribution in [-0.4, -0.2) is 32.6 Å². The Bertz CT molecular complexity index is 531. The average Bonchev–Trinajstić information content (AvgIpc) is 2.42. The zero-order valence-corrected chi connectivity index (χ0v) is 13.1. The van der Waals surface area contributed by atoms with Gasteiger partial charge in [0.25, 0.3) is 5.91 Å². The van der Waals surface area contributed by atoms with Crippen molar-refractivity contribution in [1.29, 1.82) is 0 Å². The summed E-state index contributed by atoms with van der Waals surface area (Å²) in [4.78, 5) is 16.5. The zero-order valence-electron chi connectivity index (χ0n) is 12.3. The van der Waals surface area contributed by atoms with Crippen LogP contribution in [0.5, 0.6) is 0 Å². The first kappa shape index (κ1) is 15.2. The fourth-order valence-corrected chi connectivity index (χ4v) is 3.60. The van der Waals surface area contributed by atoms with E-state index in [2.05, 4.69) is 10.3 Å². The molecule has 0 aliphatic heterocycles. The number of hydrogen-bond acceptors (Lipinski definition) is 3. The van der Waals surface area contributed by atoms with Crippen LogP contribution in [0.15, 0.2) is 12.1 Å². The van der Waals surface area contributed by atoms with Crippen molar-refractivity contribution in [1.82, 2.24) is 10.3 Å². The van der Waals surface area contributed by atoms with E-state index < -0.39 is 10.8 Å². The molecule has 1 aliphatic rings. The van der Waals surface area contributed by atoms with Crippen LogP contribution in [0.4, 0.5) is 0 Å². The summed E-state index contributed by atoms with van der Waals surface area (Å²) in [7, 11) is -0.806. The molecule has 2 rings (SSSR count). The Kier molecular flexibility index (Phi) is 4.91. The third-order valence-electron chi connectivity index (χ3n) is 4.01. The lowest BCUT2D eigenvalue weighted by Gasteiger charge is -2.28. The first-order valence-corrected chi connectivity index (χ1v) is 8.67. The molecule has 0 saturated heterocycles. The molecule has 0 spiro atoms. The fourth-order valence-electron chi connectivity index (χ4n) is 2.59. The smallest absolute Gasteiger partial charge is 0.270 e. The van der Waals surface area contributed by atoms with Crippen LogP contribution < -0.4 is 5.32 Å². The van der Waals surface area contributed by atoms with Gasteiger partial charge in [0.05, 0.1) is 0 Å². The van der Waals surface area contributed by atoms with E-state index in [-0.39, 0.29) is 17.2 Å². The number of aryl methyl sites for hydroxylation is 2. The number of carbonyl (C=O) groups is 1. The van der Waals surface area contributed by atoms with E-state index >= 15 is 0 Å². The van der Waals surface area contributed by atoms with Gasteiger partial charge in [-0.25, -0.2) is 4.98 Å². The Morgan fingerprint density at radius 1 is 1.35 bits per heavy atom. The van der Waals surface area contributed by atoms with Crippen molar-refractivity contribution in [3.8, 4) is 0 Å². The predicted molar refractivity (Wildman–Crippen MR) is 81.3 cm³/mol. The normalized spacial score (nSPS) is 24.1. The second kappa shape index (κ2) is 6.48. The number of amides is 1. The van der Waals surface area contributed by atoms with Gasteiger partial charge in [-0.2, -0.15) is 0 Å². The molecule has 1 N–H and O–H groups in total. The minimum Gasteiger partial charge on any atom is -0.348 e. The fraction of sp³-hybridized carbons (Fsp3) is 0.600. The van der Waals surface area contributed by atoms with E-state index in [9.17, 15) is 9.00 Å². The van der Waals surface area contributed by atoms with Crippen LogP contribution in [0, 0.1) is 13.8 Å². The van der Waals surface area contributed by atoms with Gasteiger partial charge in [0.1, 0.15) is 5.69 Å². The van der Waals surface area contributed by atoms with Crippen LogP contribution in [-0.2, 0) is 10.8 Å². The van der Waals surface area contributed by atoms with Crippen LogP contribution >= 0.6 is 0 Å². The van der Waals surface area contributed by atoms with E-state index in [4.69, 9.17) is 0 Å². The molecule has 1 aliphatic carbocycles. The van der Waals surface area contributed by atoms with Crippen molar-refractivity contribution in [2.24, 2.45) is 0 Å². The highest BCUT2D eigenvalue weighted by molar-refractivity contribution is 7.84. The molecule has 110 valence electrons. The van der Waals surface area contributed by atoms with Gasteiger partial charge < -0.3 is 5.32 Å². The summed E-state index contributed by atoms with van der Waals surface area (Å²) >= 11 is 0. The summed E-state index contributed by atoms with van der Waals surface area (Å²) < 4.78 is 11.6. The van der Waals surface area contributed by atoms with E-state index in [1.807, 2.05) is 19.9 Å². The molecule has 3 unspecified atom stereocenters. The number of pyridine rings is 1. The highest BCUT2D eigenvalue weighted by Gasteiger charge is 2.26. The van der Waals surface area contributed by atoms with Gasteiger partial charge in [-0.05, 0) is 44.7 Å². The van der Waals surface area contributed by atoms with Crippen molar-refractivity contribution in [3.05, 3.63) is 29.1 Å². The van der Waals surface area contributed by atoms with Crippen LogP contribution in [0.3, 0.4) is 0 Å². The molecule has 5 heteroatoms. The van der Waals surface area contributed by atoms with Gasteiger partial charge in [-0.1, -0.05) is 12.5 Å². The maximum Gasteiger partial charge on any atom is 0.270 e. The number of aromatic nitrogens is 1. The summed E-state index contributed by atoms with van der Waals surface area (Å²) in [5, 5.41) is 3.24. The van der Waals surface area contributed by atoms with Crippen molar-refractivity contribution in [2.45, 2.75) is 50.8 Å². The lowest BCUT2D eigenvalue weighted by Crippen LogP contribution is -2.41. The summed E-state index contributed by atoms with van der Waals surface area (Å²) in [5.41, 5.74) is 2.43. The largest absolute Gasteiger partial charge is 0.348 e. The topological polar surface area (TPSA) is 59.1 Å². The standard InChI is InChI=1S/C15H22N2O2S/c1-10-7-8-14(16-11(10)2)15(18)17-12-5-4-6-13(9-12)20(3)19/h7-8,12-13H,4-6,9H2,1-3H3,(H,17,18). The predicted octanol–water partition coefficient (Wildman–Crippen LogP) is 2.12. The van der Waals surface area contributed by atoms with E-state index in [1.165, 1.54) is 0 Å². The maximum absolute atomic E-state index is 12.2. The van der Waals surface area contributed by atoms with Gasteiger partial charge in [0, 0.05) is 34.0 Å². The van der Waals surface area contributed by atoms with Gasteiger partial charge in [0.2, 0.25) is 0 Å². The molecule has 1 amide bonds. The second-order valence-corrected chi connectivity index (χ2v) is 7.22. The third-order valence-corrected chi connectivity index (χ3v) is 5.38. The van der Waals surface area contributed by atoms with Crippen LogP contribution in [0.1, 0.15) is 47.4 Å². The highest BCUT2D eigenvalue weighted by Crippen LogP contribution is 2.22. The van der Waals surface area contributed by atoms with Gasteiger partial charge in [0.15, 0.2) is 0 Å². The van der Waals surface area contributed by atoms with Crippen molar-refractivity contribution in [3.63, 3.8) is 0 Å². The SMILES string of the molecule is Cc1ccc(C(=O)NC2CCCC(S(C)=O)C2)nc1C. The molecule has 1 heterocycles. The minimum atomic E-state index is -0.806. The lowest BCUT2D eigenvalue weighted by molar-refractivity contribution is 0.0923. The lowest BCUT2D eigenvalue weighted by atomic mass is 9.95. The van der Waals surface area contributed by atoms with Crippen molar-refractivity contribution < 1.29 is 9.00 Å². The molecule has 0 radical (unpaired) electrons. The molecule has 1 aromatic rings. The van der Waals surface area contributed by atoms with Gasteiger partial charge in [-0.3, -0.25) is 9.00 Å². The second-order valence-electron chi connectivity index (χ2n) is 5.56. The monoisotopic (exact) mass is 294 g/mol. The summed E-state index contributed by atoms with van der Waals surface area (Å²) in [6.45, 7) is 3.88. The summed E-state index contributed by atoms with van der Waals surface area (Å²) in [6, 6.07) is 3.80. The molecule has 0 aromatic carbocycles. The first-order chi connectivity index (χ1) is 9.47. The molecule has 20 heavy (non-hydrogen) atoms. The molecule has 1 fully saturated rings. The Balaban J connectivity index is 2.00. The molecule has 1 saturated carbocycles. The van der Waals surface area contributed by atoms with Crippen molar-refractivity contribution in [2.75, 3.05) is 6.26 Å². The number of nitrogens with one attached hydrogen (secondary N) is 1. The Morgan fingerprint density at radius 3 is 2.75 bits per heavy atom. The number of rotatable bonds is 3. The van der Waals surface area contributed by atoms with Crippen LogP contribution in [0.25, 0.3) is 0 Å². The average molecular weight is 294 g/mol. The molecule has 0 bridgehead atoms. The van der Waals surface area contributed by atoms with E-state index in [0.29, 0.717) is 5.69 Å². The Labute approximate surface area is 122 Å². The quantitative estimate of drug-likeness (QED) is 0.929. The van der Waals surface area contributed by atoms with E-state index in [1.54, 1.807) is 12.3 Å². The molecule has 3 atom stereocenters. The third kappa shape index (κ3) is 3.66. The first-order valence-electron chi connectivity index (χ1n) is 7.04. The van der Waals surface area contributed by atoms with E-state index in [0.717, 1.165) is 36.9 Å². The number of hydrogen-bond donors (Lipinski definition) is 1. The summed E-state index contributed by atoms with van der Waals surface area (Å²) in [5.74, 6) is -0.124. The highest BCUT2D eigenvalue weighted by atomic mass is 32.2. The van der Waals surface area contributed by atoms with Crippen LogP contribution in [0.2, 0.25) is 0 Å². The van der Waals surface area contributed by atoms with Gasteiger partial charge >= 0.3 is 0 Å². The Hall–Kier alpha value is -1.23. The number of nitrogens with zero attached hydrogens (tertiary/aromatic N) is 1. The van der Waals surface area contributed by atoms with Crippen molar-refractivity contribution >= 4 is 16.7 Å². The zero-order chi connectivity index (χ0) is 14.7. The van der Waals surface area contributed by atoms with Gasteiger partial charge in [-0.15, -0.1) is 0 Å². The summed E-state index contributed by atoms with van der Waals surface area (Å²) in [6.07, 6.45) is 5.54.